The van der Waals surface area contributed by atoms with E-state index in [0.717, 1.165) is 31.6 Å². The lowest BCUT2D eigenvalue weighted by Crippen LogP contribution is -2.29. The van der Waals surface area contributed by atoms with E-state index in [0.29, 0.717) is 17.8 Å². The maximum atomic E-state index is 5.80. The summed E-state index contributed by atoms with van der Waals surface area (Å²) in [4.78, 5) is 19.0. The lowest BCUT2D eigenvalue weighted by atomic mass is 10.1. The highest BCUT2D eigenvalue weighted by Gasteiger charge is 2.20. The van der Waals surface area contributed by atoms with Crippen LogP contribution in [0.4, 0.5) is 23.6 Å². The van der Waals surface area contributed by atoms with Crippen molar-refractivity contribution < 1.29 is 4.52 Å². The van der Waals surface area contributed by atoms with Crippen molar-refractivity contribution in [1.82, 2.24) is 25.1 Å². The third-order valence-electron chi connectivity index (χ3n) is 3.92. The molecule has 0 spiro atoms. The molecule has 4 rings (SSSR count). The number of nitrogens with two attached hydrogens (primary N) is 1. The van der Waals surface area contributed by atoms with Crippen LogP contribution in [0, 0.1) is 0 Å². The SMILES string of the molecule is Nc1nc(Nc2ccccc2)nc(-c2noc(N3CCCCC3)n2)n1. The van der Waals surface area contributed by atoms with E-state index in [4.69, 9.17) is 10.3 Å². The molecule has 1 aromatic carbocycles. The van der Waals surface area contributed by atoms with Crippen LogP contribution in [0.25, 0.3) is 11.6 Å². The smallest absolute Gasteiger partial charge is 0.324 e. The zero-order valence-corrected chi connectivity index (χ0v) is 13.6. The van der Waals surface area contributed by atoms with Crippen molar-refractivity contribution in [3.63, 3.8) is 0 Å². The predicted octanol–water partition coefficient (Wildman–Crippen LogP) is 2.24. The normalized spacial score (nSPS) is 14.5. The minimum absolute atomic E-state index is 0.0905. The summed E-state index contributed by atoms with van der Waals surface area (Å²) in [6.45, 7) is 1.84. The van der Waals surface area contributed by atoms with Crippen LogP contribution in [0.2, 0.25) is 0 Å². The molecule has 3 heterocycles. The van der Waals surface area contributed by atoms with Gasteiger partial charge in [0.1, 0.15) is 0 Å². The quantitative estimate of drug-likeness (QED) is 0.738. The fourth-order valence-corrected chi connectivity index (χ4v) is 2.72. The van der Waals surface area contributed by atoms with E-state index in [1.165, 1.54) is 6.42 Å². The number of nitrogens with one attached hydrogen (secondary N) is 1. The van der Waals surface area contributed by atoms with E-state index in [9.17, 15) is 0 Å². The molecule has 2 aromatic heterocycles. The van der Waals surface area contributed by atoms with Crippen molar-refractivity contribution >= 4 is 23.6 Å². The van der Waals surface area contributed by atoms with Crippen LogP contribution in [0.3, 0.4) is 0 Å². The number of aromatic nitrogens is 5. The number of anilines is 4. The van der Waals surface area contributed by atoms with Crippen molar-refractivity contribution in [2.75, 3.05) is 29.0 Å². The van der Waals surface area contributed by atoms with Crippen LogP contribution in [-0.4, -0.2) is 38.2 Å². The monoisotopic (exact) mass is 338 g/mol. The fourth-order valence-electron chi connectivity index (χ4n) is 2.72. The van der Waals surface area contributed by atoms with Gasteiger partial charge >= 0.3 is 6.01 Å². The van der Waals surface area contributed by atoms with E-state index >= 15 is 0 Å². The number of para-hydroxylation sites is 1. The van der Waals surface area contributed by atoms with Gasteiger partial charge in [-0.3, -0.25) is 0 Å². The Morgan fingerprint density at radius 2 is 1.72 bits per heavy atom. The molecule has 0 atom stereocenters. The second-order valence-electron chi connectivity index (χ2n) is 5.78. The van der Waals surface area contributed by atoms with Crippen molar-refractivity contribution in [2.45, 2.75) is 19.3 Å². The molecule has 1 aliphatic heterocycles. The molecule has 3 N–H and O–H groups in total. The van der Waals surface area contributed by atoms with Gasteiger partial charge in [-0.2, -0.15) is 19.9 Å². The predicted molar refractivity (Wildman–Crippen MR) is 93.3 cm³/mol. The van der Waals surface area contributed by atoms with Crippen molar-refractivity contribution in [2.24, 2.45) is 0 Å². The van der Waals surface area contributed by atoms with Crippen LogP contribution in [-0.2, 0) is 0 Å². The van der Waals surface area contributed by atoms with Gasteiger partial charge in [0.05, 0.1) is 0 Å². The summed E-state index contributed by atoms with van der Waals surface area (Å²) in [6, 6.07) is 10.1. The van der Waals surface area contributed by atoms with Crippen molar-refractivity contribution in [1.29, 1.82) is 0 Å². The number of benzene rings is 1. The number of nitrogens with zero attached hydrogens (tertiary/aromatic N) is 6. The van der Waals surface area contributed by atoms with Crippen LogP contribution < -0.4 is 16.0 Å². The standard InChI is InChI=1S/C16H18N8O/c17-14-19-12(20-15(22-14)18-11-7-3-1-4-8-11)13-21-16(25-23-13)24-9-5-2-6-10-24/h1,3-4,7-8H,2,5-6,9-10H2,(H3,17,18,19,20,22). The summed E-state index contributed by atoms with van der Waals surface area (Å²) in [5.74, 6) is 0.995. The van der Waals surface area contributed by atoms with E-state index in [1.54, 1.807) is 0 Å². The van der Waals surface area contributed by atoms with Crippen LogP contribution in [0.15, 0.2) is 34.9 Å². The van der Waals surface area contributed by atoms with E-state index in [2.05, 4.69) is 35.3 Å². The Kier molecular flexibility index (Phi) is 4.11. The van der Waals surface area contributed by atoms with Gasteiger partial charge in [-0.05, 0) is 31.4 Å². The highest BCUT2D eigenvalue weighted by atomic mass is 16.5. The zero-order valence-electron chi connectivity index (χ0n) is 13.6. The third kappa shape index (κ3) is 3.49. The molecule has 128 valence electrons. The first-order valence-electron chi connectivity index (χ1n) is 8.20. The van der Waals surface area contributed by atoms with Gasteiger partial charge in [-0.1, -0.05) is 23.4 Å². The van der Waals surface area contributed by atoms with Gasteiger partial charge in [-0.25, -0.2) is 0 Å². The first-order chi connectivity index (χ1) is 12.3. The third-order valence-corrected chi connectivity index (χ3v) is 3.92. The van der Waals surface area contributed by atoms with Crippen molar-refractivity contribution in [3.05, 3.63) is 30.3 Å². The lowest BCUT2D eigenvalue weighted by Gasteiger charge is -2.23. The van der Waals surface area contributed by atoms with Gasteiger partial charge in [0, 0.05) is 18.8 Å². The molecule has 1 fully saturated rings. The largest absolute Gasteiger partial charge is 0.368 e. The highest BCUT2D eigenvalue weighted by molar-refractivity contribution is 5.56. The fraction of sp³-hybridized carbons (Fsp3) is 0.312. The summed E-state index contributed by atoms with van der Waals surface area (Å²) < 4.78 is 5.36. The van der Waals surface area contributed by atoms with Gasteiger partial charge in [0.2, 0.25) is 23.5 Å². The van der Waals surface area contributed by atoms with Gasteiger partial charge in [-0.15, -0.1) is 0 Å². The second kappa shape index (κ2) is 6.71. The molecule has 1 aliphatic rings. The number of hydrogen-bond acceptors (Lipinski definition) is 9. The Labute approximate surface area is 144 Å². The number of hydrogen-bond donors (Lipinski definition) is 2. The molecular formula is C16H18N8O. The molecule has 9 heteroatoms. The van der Waals surface area contributed by atoms with Crippen LogP contribution in [0.5, 0.6) is 0 Å². The Hall–Kier alpha value is -3.23. The topological polar surface area (TPSA) is 119 Å². The Morgan fingerprint density at radius 3 is 2.52 bits per heavy atom. The molecule has 9 nitrogen and oxygen atoms in total. The Balaban J connectivity index is 1.59. The maximum absolute atomic E-state index is 5.80. The van der Waals surface area contributed by atoms with Crippen molar-refractivity contribution in [3.8, 4) is 11.6 Å². The number of nitrogen functional groups attached to an aromatic ring is 1. The van der Waals surface area contributed by atoms with Gasteiger partial charge in [0.15, 0.2) is 0 Å². The number of piperidine rings is 1. The average molecular weight is 338 g/mol. The Morgan fingerprint density at radius 1 is 0.920 bits per heavy atom. The summed E-state index contributed by atoms with van der Waals surface area (Å²) in [5, 5.41) is 7.07. The average Bonchev–Trinajstić information content (AvgIpc) is 3.13. The molecule has 0 bridgehead atoms. The maximum Gasteiger partial charge on any atom is 0.324 e. The molecule has 0 unspecified atom stereocenters. The lowest BCUT2D eigenvalue weighted by molar-refractivity contribution is 0.402. The summed E-state index contributed by atoms with van der Waals surface area (Å²) in [7, 11) is 0. The zero-order chi connectivity index (χ0) is 17.1. The minimum Gasteiger partial charge on any atom is -0.368 e. The number of rotatable bonds is 4. The summed E-state index contributed by atoms with van der Waals surface area (Å²) in [6.07, 6.45) is 3.49. The molecule has 3 aromatic rings. The van der Waals surface area contributed by atoms with E-state index < -0.39 is 0 Å². The molecule has 25 heavy (non-hydrogen) atoms. The molecule has 0 aliphatic carbocycles. The van der Waals surface area contributed by atoms with Crippen LogP contribution >= 0.6 is 0 Å². The molecular weight excluding hydrogens is 320 g/mol. The second-order valence-corrected chi connectivity index (χ2v) is 5.78. The first kappa shape index (κ1) is 15.3. The minimum atomic E-state index is 0.0905. The molecule has 0 saturated carbocycles. The first-order valence-corrected chi connectivity index (χ1v) is 8.20. The Bertz CT molecular complexity index is 844. The summed E-state index contributed by atoms with van der Waals surface area (Å²) in [5.41, 5.74) is 6.65. The molecule has 0 amide bonds. The molecule has 1 saturated heterocycles. The van der Waals surface area contributed by atoms with Crippen LogP contribution in [0.1, 0.15) is 19.3 Å². The van der Waals surface area contributed by atoms with E-state index in [-0.39, 0.29) is 11.8 Å². The highest BCUT2D eigenvalue weighted by Crippen LogP contribution is 2.22. The summed E-state index contributed by atoms with van der Waals surface area (Å²) >= 11 is 0. The van der Waals surface area contributed by atoms with Gasteiger partial charge in [0.25, 0.3) is 0 Å². The molecule has 0 radical (unpaired) electrons. The van der Waals surface area contributed by atoms with Gasteiger partial charge < -0.3 is 20.5 Å². The van der Waals surface area contributed by atoms with E-state index in [1.807, 2.05) is 30.3 Å².